The lowest BCUT2D eigenvalue weighted by molar-refractivity contribution is 0.631. The number of rotatable bonds is 5. The minimum atomic E-state index is -0.0351. The molecular formula is C14H20N4S. The topological polar surface area (TPSA) is 63.8 Å². The second-order valence-electron chi connectivity index (χ2n) is 5.17. The molecule has 5 heteroatoms. The Morgan fingerprint density at radius 3 is 2.74 bits per heavy atom. The molecule has 102 valence electrons. The van der Waals surface area contributed by atoms with Crippen molar-refractivity contribution in [1.82, 2.24) is 15.0 Å². The molecule has 3 N–H and O–H groups in total. The Kier molecular flexibility index (Phi) is 4.63. The summed E-state index contributed by atoms with van der Waals surface area (Å²) >= 11 is 1.39. The quantitative estimate of drug-likeness (QED) is 0.651. The number of hydrogen-bond acceptors (Lipinski definition) is 5. The predicted octanol–water partition coefficient (Wildman–Crippen LogP) is 2.60. The zero-order chi connectivity index (χ0) is 13.8. The van der Waals surface area contributed by atoms with Gasteiger partial charge in [-0.05, 0) is 41.9 Å². The van der Waals surface area contributed by atoms with Crippen LogP contribution in [0.3, 0.4) is 0 Å². The second-order valence-corrected chi connectivity index (χ2v) is 5.95. The summed E-state index contributed by atoms with van der Waals surface area (Å²) in [6.45, 7) is 6.41. The maximum atomic E-state index is 5.72. The second kappa shape index (κ2) is 6.23. The van der Waals surface area contributed by atoms with Crippen molar-refractivity contribution >= 4 is 11.5 Å². The Morgan fingerprint density at radius 1 is 1.37 bits per heavy atom. The molecule has 0 amide bonds. The van der Waals surface area contributed by atoms with Gasteiger partial charge in [-0.15, -0.1) is 5.10 Å². The standard InChI is InChI=1S/C14H20N4S/c1-9(2)7-11-5-4-6-12(8-11)13(16-15)14-10(3)17-18-19-14/h4-6,8-9,13,16H,7,15H2,1-3H3. The fourth-order valence-electron chi connectivity index (χ4n) is 2.20. The SMILES string of the molecule is Cc1nnsc1C(NN)c1cccc(CC(C)C)c1. The molecule has 0 bridgehead atoms. The Labute approximate surface area is 118 Å². The molecule has 1 heterocycles. The summed E-state index contributed by atoms with van der Waals surface area (Å²) in [4.78, 5) is 1.07. The zero-order valence-electron chi connectivity index (χ0n) is 11.6. The molecular weight excluding hydrogens is 256 g/mol. The van der Waals surface area contributed by atoms with Crippen LogP contribution in [0.2, 0.25) is 0 Å². The van der Waals surface area contributed by atoms with Gasteiger partial charge in [0.15, 0.2) is 0 Å². The maximum Gasteiger partial charge on any atom is 0.0837 e. The molecule has 0 aliphatic heterocycles. The van der Waals surface area contributed by atoms with E-state index in [1.807, 2.05) is 6.92 Å². The summed E-state index contributed by atoms with van der Waals surface area (Å²) in [5.74, 6) is 6.36. The summed E-state index contributed by atoms with van der Waals surface area (Å²) in [7, 11) is 0. The van der Waals surface area contributed by atoms with Crippen LogP contribution < -0.4 is 11.3 Å². The van der Waals surface area contributed by atoms with Gasteiger partial charge < -0.3 is 0 Å². The highest BCUT2D eigenvalue weighted by Gasteiger charge is 2.18. The summed E-state index contributed by atoms with van der Waals surface area (Å²) in [6.07, 6.45) is 1.07. The largest absolute Gasteiger partial charge is 0.271 e. The molecule has 0 saturated carbocycles. The number of benzene rings is 1. The van der Waals surface area contributed by atoms with Gasteiger partial charge in [-0.3, -0.25) is 5.84 Å². The van der Waals surface area contributed by atoms with Crippen LogP contribution in [0, 0.1) is 12.8 Å². The van der Waals surface area contributed by atoms with Crippen molar-refractivity contribution in [3.05, 3.63) is 46.0 Å². The van der Waals surface area contributed by atoms with E-state index in [1.165, 1.54) is 17.1 Å². The van der Waals surface area contributed by atoms with E-state index in [4.69, 9.17) is 5.84 Å². The molecule has 2 aromatic rings. The lowest BCUT2D eigenvalue weighted by atomic mass is 9.97. The molecule has 0 fully saturated rings. The first kappa shape index (κ1) is 14.1. The Balaban J connectivity index is 2.31. The highest BCUT2D eigenvalue weighted by atomic mass is 32.1. The van der Waals surface area contributed by atoms with Crippen molar-refractivity contribution in [3.8, 4) is 0 Å². The van der Waals surface area contributed by atoms with Gasteiger partial charge in [-0.2, -0.15) is 0 Å². The maximum absolute atomic E-state index is 5.72. The molecule has 1 atom stereocenters. The minimum Gasteiger partial charge on any atom is -0.271 e. The first-order valence-corrected chi connectivity index (χ1v) is 7.23. The Bertz CT molecular complexity index is 536. The van der Waals surface area contributed by atoms with Gasteiger partial charge in [0.2, 0.25) is 0 Å². The van der Waals surface area contributed by atoms with Crippen molar-refractivity contribution in [2.24, 2.45) is 11.8 Å². The van der Waals surface area contributed by atoms with E-state index < -0.39 is 0 Å². The van der Waals surface area contributed by atoms with Crippen LogP contribution in [-0.4, -0.2) is 9.59 Å². The predicted molar refractivity (Wildman–Crippen MR) is 78.8 cm³/mol. The summed E-state index contributed by atoms with van der Waals surface area (Å²) in [5.41, 5.74) is 6.30. The van der Waals surface area contributed by atoms with Crippen molar-refractivity contribution in [2.45, 2.75) is 33.2 Å². The van der Waals surface area contributed by atoms with Gasteiger partial charge in [0, 0.05) is 0 Å². The first-order chi connectivity index (χ1) is 9.11. The third-order valence-corrected chi connectivity index (χ3v) is 3.93. The Morgan fingerprint density at radius 2 is 2.16 bits per heavy atom. The molecule has 0 radical (unpaired) electrons. The molecule has 1 aromatic carbocycles. The average molecular weight is 276 g/mol. The minimum absolute atomic E-state index is 0.0351. The van der Waals surface area contributed by atoms with Crippen LogP contribution in [0.25, 0.3) is 0 Å². The average Bonchev–Trinajstić information content (AvgIpc) is 2.77. The van der Waals surface area contributed by atoms with Gasteiger partial charge in [-0.25, -0.2) is 5.43 Å². The summed E-state index contributed by atoms with van der Waals surface area (Å²) < 4.78 is 3.98. The van der Waals surface area contributed by atoms with E-state index >= 15 is 0 Å². The summed E-state index contributed by atoms with van der Waals surface area (Å²) in [5, 5.41) is 4.05. The van der Waals surface area contributed by atoms with Gasteiger partial charge in [0.05, 0.1) is 16.6 Å². The van der Waals surface area contributed by atoms with Gasteiger partial charge >= 0.3 is 0 Å². The van der Waals surface area contributed by atoms with E-state index in [1.54, 1.807) is 0 Å². The zero-order valence-corrected chi connectivity index (χ0v) is 12.4. The van der Waals surface area contributed by atoms with E-state index in [9.17, 15) is 0 Å². The number of hydrazine groups is 1. The van der Waals surface area contributed by atoms with Crippen LogP contribution in [0.4, 0.5) is 0 Å². The monoisotopic (exact) mass is 276 g/mol. The first-order valence-electron chi connectivity index (χ1n) is 6.45. The van der Waals surface area contributed by atoms with Crippen LogP contribution in [-0.2, 0) is 6.42 Å². The molecule has 2 rings (SSSR count). The number of aromatic nitrogens is 2. The lowest BCUT2D eigenvalue weighted by Crippen LogP contribution is -2.28. The molecule has 1 aromatic heterocycles. The molecule has 0 aliphatic carbocycles. The van der Waals surface area contributed by atoms with E-state index in [-0.39, 0.29) is 6.04 Å². The number of nitrogens with zero attached hydrogens (tertiary/aromatic N) is 2. The number of nitrogens with one attached hydrogen (secondary N) is 1. The van der Waals surface area contributed by atoms with Crippen molar-refractivity contribution < 1.29 is 0 Å². The molecule has 4 nitrogen and oxygen atoms in total. The van der Waals surface area contributed by atoms with Crippen LogP contribution in [0.15, 0.2) is 24.3 Å². The smallest absolute Gasteiger partial charge is 0.0837 e. The van der Waals surface area contributed by atoms with E-state index in [0.717, 1.165) is 22.6 Å². The molecule has 0 saturated heterocycles. The molecule has 19 heavy (non-hydrogen) atoms. The fourth-order valence-corrected chi connectivity index (χ4v) is 2.93. The van der Waals surface area contributed by atoms with Crippen LogP contribution in [0.5, 0.6) is 0 Å². The van der Waals surface area contributed by atoms with Crippen molar-refractivity contribution in [2.75, 3.05) is 0 Å². The van der Waals surface area contributed by atoms with Gasteiger partial charge in [0.25, 0.3) is 0 Å². The van der Waals surface area contributed by atoms with Gasteiger partial charge in [-0.1, -0.05) is 42.6 Å². The van der Waals surface area contributed by atoms with Crippen molar-refractivity contribution in [1.29, 1.82) is 0 Å². The van der Waals surface area contributed by atoms with Crippen LogP contribution in [0.1, 0.15) is 41.6 Å². The Hall–Kier alpha value is -1.30. The highest BCUT2D eigenvalue weighted by molar-refractivity contribution is 7.05. The van der Waals surface area contributed by atoms with Gasteiger partial charge in [0.1, 0.15) is 0 Å². The van der Waals surface area contributed by atoms with E-state index in [2.05, 4.69) is 53.1 Å². The normalized spacial score (nSPS) is 12.9. The third kappa shape index (κ3) is 3.37. The van der Waals surface area contributed by atoms with E-state index in [0.29, 0.717) is 5.92 Å². The molecule has 0 aliphatic rings. The number of hydrogen-bond donors (Lipinski definition) is 2. The molecule has 0 spiro atoms. The third-order valence-electron chi connectivity index (χ3n) is 3.04. The fraction of sp³-hybridized carbons (Fsp3) is 0.429. The lowest BCUT2D eigenvalue weighted by Gasteiger charge is -2.16. The highest BCUT2D eigenvalue weighted by Crippen LogP contribution is 2.27. The molecule has 1 unspecified atom stereocenters. The number of nitrogens with two attached hydrogens (primary N) is 1. The number of aryl methyl sites for hydroxylation is 1. The summed E-state index contributed by atoms with van der Waals surface area (Å²) in [6, 6.07) is 8.51. The van der Waals surface area contributed by atoms with Crippen LogP contribution >= 0.6 is 11.5 Å². The van der Waals surface area contributed by atoms with Crippen molar-refractivity contribution in [3.63, 3.8) is 0 Å².